The minimum Gasteiger partial charge on any atom is -0.361 e. The molecule has 0 aliphatic heterocycles. The summed E-state index contributed by atoms with van der Waals surface area (Å²) in [4.78, 5) is 3.23. The summed E-state index contributed by atoms with van der Waals surface area (Å²) in [6, 6.07) is 8.64. The number of benzene rings is 1. The summed E-state index contributed by atoms with van der Waals surface area (Å²) in [5.41, 5.74) is 8.45. The molecule has 2 rings (SSSR count). The predicted molar refractivity (Wildman–Crippen MR) is 64.9 cm³/mol. The van der Waals surface area contributed by atoms with Crippen molar-refractivity contribution in [2.45, 2.75) is 32.2 Å². The fourth-order valence-electron chi connectivity index (χ4n) is 1.72. The molecule has 0 amide bonds. The highest BCUT2D eigenvalue weighted by Gasteiger charge is 2.10. The lowest BCUT2D eigenvalue weighted by molar-refractivity contribution is 0.477. The fourth-order valence-corrected chi connectivity index (χ4v) is 1.72. The van der Waals surface area contributed by atoms with Gasteiger partial charge >= 0.3 is 0 Å². The molecule has 0 saturated carbocycles. The van der Waals surface area contributed by atoms with Gasteiger partial charge in [0.05, 0.1) is 0 Å². The Morgan fingerprint density at radius 1 is 1.27 bits per heavy atom. The van der Waals surface area contributed by atoms with Crippen LogP contribution in [0.1, 0.15) is 25.8 Å². The Morgan fingerprint density at radius 3 is 2.80 bits per heavy atom. The first-order valence-electron chi connectivity index (χ1n) is 5.39. The van der Waals surface area contributed by atoms with E-state index < -0.39 is 0 Å². The predicted octanol–water partition coefficient (Wildman–Crippen LogP) is 2.84. The van der Waals surface area contributed by atoms with Crippen LogP contribution in [0.5, 0.6) is 0 Å². The summed E-state index contributed by atoms with van der Waals surface area (Å²) in [5, 5.41) is 1.27. The van der Waals surface area contributed by atoms with E-state index in [1.165, 1.54) is 16.5 Å². The molecule has 3 N–H and O–H groups in total. The average Bonchev–Trinajstić information content (AvgIpc) is 2.60. The second-order valence-electron chi connectivity index (χ2n) is 4.89. The number of fused-ring (bicyclic) bond motifs is 1. The zero-order chi connectivity index (χ0) is 10.9. The molecule has 2 aromatic rings. The lowest BCUT2D eigenvalue weighted by atomic mass is 9.96. The number of aromatic nitrogens is 1. The molecular formula is C13H18N2. The van der Waals surface area contributed by atoms with E-state index in [9.17, 15) is 0 Å². The summed E-state index contributed by atoms with van der Waals surface area (Å²) in [5.74, 6) is 0. The zero-order valence-corrected chi connectivity index (χ0v) is 9.38. The van der Waals surface area contributed by atoms with E-state index in [4.69, 9.17) is 5.73 Å². The normalized spacial score (nSPS) is 12.2. The van der Waals surface area contributed by atoms with E-state index in [-0.39, 0.29) is 5.54 Å². The SMILES string of the molecule is CC(C)(N)CCc1ccc2cc[nH]c2c1. The van der Waals surface area contributed by atoms with E-state index >= 15 is 0 Å². The topological polar surface area (TPSA) is 41.8 Å². The third kappa shape index (κ3) is 2.60. The molecule has 0 saturated heterocycles. The van der Waals surface area contributed by atoms with Gasteiger partial charge < -0.3 is 10.7 Å². The lowest BCUT2D eigenvalue weighted by Gasteiger charge is -2.17. The third-order valence-electron chi connectivity index (χ3n) is 2.68. The first kappa shape index (κ1) is 10.2. The average molecular weight is 202 g/mol. The molecule has 0 spiro atoms. The third-order valence-corrected chi connectivity index (χ3v) is 2.68. The largest absolute Gasteiger partial charge is 0.361 e. The molecule has 0 radical (unpaired) electrons. The Balaban J connectivity index is 2.15. The standard InChI is InChI=1S/C13H18N2/c1-13(2,14)7-5-10-3-4-11-6-8-15-12(11)9-10/h3-4,6,8-9,15H,5,7,14H2,1-2H3. The Morgan fingerprint density at radius 2 is 2.07 bits per heavy atom. The minimum atomic E-state index is -0.0787. The van der Waals surface area contributed by atoms with E-state index in [1.807, 2.05) is 6.20 Å². The maximum atomic E-state index is 5.97. The lowest BCUT2D eigenvalue weighted by Crippen LogP contribution is -2.32. The molecule has 0 aliphatic rings. The van der Waals surface area contributed by atoms with Gasteiger partial charge in [0.2, 0.25) is 0 Å². The second-order valence-corrected chi connectivity index (χ2v) is 4.89. The van der Waals surface area contributed by atoms with Crippen LogP contribution in [0.25, 0.3) is 10.9 Å². The van der Waals surface area contributed by atoms with Crippen molar-refractivity contribution in [1.29, 1.82) is 0 Å². The van der Waals surface area contributed by atoms with E-state index in [2.05, 4.69) is 43.1 Å². The number of aromatic amines is 1. The van der Waals surface area contributed by atoms with Crippen molar-refractivity contribution < 1.29 is 0 Å². The van der Waals surface area contributed by atoms with Crippen LogP contribution in [0.4, 0.5) is 0 Å². The van der Waals surface area contributed by atoms with Gasteiger partial charge in [0.25, 0.3) is 0 Å². The Hall–Kier alpha value is -1.28. The summed E-state index contributed by atoms with van der Waals surface area (Å²) in [7, 11) is 0. The van der Waals surface area contributed by atoms with Crippen LogP contribution < -0.4 is 5.73 Å². The van der Waals surface area contributed by atoms with Gasteiger partial charge in [-0.15, -0.1) is 0 Å². The molecule has 0 bridgehead atoms. The summed E-state index contributed by atoms with van der Waals surface area (Å²) < 4.78 is 0. The van der Waals surface area contributed by atoms with Crippen LogP contribution >= 0.6 is 0 Å². The van der Waals surface area contributed by atoms with Crippen LogP contribution in [-0.2, 0) is 6.42 Å². The monoisotopic (exact) mass is 202 g/mol. The maximum absolute atomic E-state index is 5.97. The van der Waals surface area contributed by atoms with Crippen LogP contribution in [0.3, 0.4) is 0 Å². The molecule has 0 aliphatic carbocycles. The van der Waals surface area contributed by atoms with Crippen molar-refractivity contribution in [2.24, 2.45) is 5.73 Å². The fraction of sp³-hybridized carbons (Fsp3) is 0.385. The van der Waals surface area contributed by atoms with Crippen LogP contribution in [0.15, 0.2) is 30.5 Å². The van der Waals surface area contributed by atoms with E-state index in [0.29, 0.717) is 0 Å². The molecule has 1 aromatic carbocycles. The number of aryl methyl sites for hydroxylation is 1. The Kier molecular flexibility index (Phi) is 2.53. The van der Waals surface area contributed by atoms with Gasteiger partial charge in [-0.3, -0.25) is 0 Å². The molecule has 15 heavy (non-hydrogen) atoms. The van der Waals surface area contributed by atoms with Crippen molar-refractivity contribution in [2.75, 3.05) is 0 Å². The van der Waals surface area contributed by atoms with Gasteiger partial charge in [-0.25, -0.2) is 0 Å². The van der Waals surface area contributed by atoms with Gasteiger partial charge in [0.1, 0.15) is 0 Å². The van der Waals surface area contributed by atoms with E-state index in [1.54, 1.807) is 0 Å². The quantitative estimate of drug-likeness (QED) is 0.789. The Bertz CT molecular complexity index is 449. The maximum Gasteiger partial charge on any atom is 0.0456 e. The molecule has 0 atom stereocenters. The number of hydrogen-bond donors (Lipinski definition) is 2. The number of nitrogens with one attached hydrogen (secondary N) is 1. The highest BCUT2D eigenvalue weighted by atomic mass is 14.7. The molecule has 1 aromatic heterocycles. The molecular weight excluding hydrogens is 184 g/mol. The van der Waals surface area contributed by atoms with Gasteiger partial charge in [0, 0.05) is 17.3 Å². The summed E-state index contributed by atoms with van der Waals surface area (Å²) in [6.45, 7) is 4.14. The van der Waals surface area contributed by atoms with Crippen LogP contribution in [0.2, 0.25) is 0 Å². The van der Waals surface area contributed by atoms with Crippen molar-refractivity contribution in [3.8, 4) is 0 Å². The molecule has 1 heterocycles. The smallest absolute Gasteiger partial charge is 0.0456 e. The van der Waals surface area contributed by atoms with Gasteiger partial charge in [-0.1, -0.05) is 12.1 Å². The highest BCUT2D eigenvalue weighted by Crippen LogP contribution is 2.17. The zero-order valence-electron chi connectivity index (χ0n) is 9.38. The highest BCUT2D eigenvalue weighted by molar-refractivity contribution is 5.79. The van der Waals surface area contributed by atoms with Gasteiger partial charge in [0.15, 0.2) is 0 Å². The molecule has 80 valence electrons. The van der Waals surface area contributed by atoms with Crippen LogP contribution in [0, 0.1) is 0 Å². The summed E-state index contributed by atoms with van der Waals surface area (Å²) in [6.07, 6.45) is 4.03. The second kappa shape index (κ2) is 3.70. The first-order chi connectivity index (χ1) is 7.04. The van der Waals surface area contributed by atoms with Crippen molar-refractivity contribution >= 4 is 10.9 Å². The van der Waals surface area contributed by atoms with Gasteiger partial charge in [-0.05, 0) is 49.8 Å². The molecule has 2 nitrogen and oxygen atoms in total. The minimum absolute atomic E-state index is 0.0787. The van der Waals surface area contributed by atoms with Crippen molar-refractivity contribution in [3.05, 3.63) is 36.0 Å². The molecule has 0 fully saturated rings. The van der Waals surface area contributed by atoms with Crippen molar-refractivity contribution in [1.82, 2.24) is 4.98 Å². The number of hydrogen-bond acceptors (Lipinski definition) is 1. The Labute approximate surface area is 90.5 Å². The summed E-state index contributed by atoms with van der Waals surface area (Å²) >= 11 is 0. The van der Waals surface area contributed by atoms with E-state index in [0.717, 1.165) is 12.8 Å². The molecule has 0 unspecified atom stereocenters. The molecule has 2 heteroatoms. The first-order valence-corrected chi connectivity index (χ1v) is 5.39. The number of H-pyrrole nitrogens is 1. The van der Waals surface area contributed by atoms with Gasteiger partial charge in [-0.2, -0.15) is 0 Å². The number of rotatable bonds is 3. The van der Waals surface area contributed by atoms with Crippen molar-refractivity contribution in [3.63, 3.8) is 0 Å². The van der Waals surface area contributed by atoms with Crippen LogP contribution in [-0.4, -0.2) is 10.5 Å². The number of nitrogens with two attached hydrogens (primary N) is 1.